The van der Waals surface area contributed by atoms with Crippen molar-refractivity contribution in [2.24, 2.45) is 0 Å². The molecule has 9 nitrogen and oxygen atoms in total. The van der Waals surface area contributed by atoms with E-state index in [1.54, 1.807) is 12.1 Å². The molecule has 10 heteroatoms. The number of halogens is 1. The second kappa shape index (κ2) is 8.65. The standard InChI is InChI=1S/C16H16IN3O6/c1-3-25-11-8-9(7-10(17)14(11)26-4-2)5-6-12-18-15(21)13(20(23)24)16(22)19-12/h5-8H,3-4H2,1-2H3,(H2,18,19,21,22)/b6-5+. The monoisotopic (exact) mass is 473 g/mol. The van der Waals surface area contributed by atoms with Crippen molar-refractivity contribution in [2.45, 2.75) is 13.8 Å². The highest BCUT2D eigenvalue weighted by atomic mass is 127. The second-order valence-electron chi connectivity index (χ2n) is 4.91. The molecule has 2 aromatic rings. The summed E-state index contributed by atoms with van der Waals surface area (Å²) in [7, 11) is 0. The predicted octanol–water partition coefficient (Wildman–Crippen LogP) is 2.96. The highest BCUT2D eigenvalue weighted by Gasteiger charge is 2.21. The van der Waals surface area contributed by atoms with Gasteiger partial charge in [-0.1, -0.05) is 6.08 Å². The molecule has 0 saturated heterocycles. The number of nitro groups is 1. The second-order valence-corrected chi connectivity index (χ2v) is 6.07. The molecular weight excluding hydrogens is 457 g/mol. The highest BCUT2D eigenvalue weighted by molar-refractivity contribution is 14.1. The van der Waals surface area contributed by atoms with Gasteiger partial charge in [-0.3, -0.25) is 14.9 Å². The lowest BCUT2D eigenvalue weighted by Crippen LogP contribution is -2.14. The molecule has 0 amide bonds. The van der Waals surface area contributed by atoms with Gasteiger partial charge in [0.2, 0.25) is 0 Å². The van der Waals surface area contributed by atoms with Crippen LogP contribution in [0.2, 0.25) is 0 Å². The summed E-state index contributed by atoms with van der Waals surface area (Å²) < 4.78 is 12.0. The van der Waals surface area contributed by atoms with Gasteiger partial charge in [0.05, 0.1) is 21.7 Å². The number of rotatable bonds is 7. The van der Waals surface area contributed by atoms with E-state index in [0.717, 1.165) is 9.13 Å². The average Bonchev–Trinajstić information content (AvgIpc) is 2.55. The summed E-state index contributed by atoms with van der Waals surface area (Å²) in [4.78, 5) is 27.2. The van der Waals surface area contributed by atoms with Crippen molar-refractivity contribution in [1.82, 2.24) is 9.97 Å². The molecular formula is C16H16IN3O6. The van der Waals surface area contributed by atoms with Crippen LogP contribution in [0.15, 0.2) is 16.9 Å². The smallest absolute Gasteiger partial charge is 0.395 e. The molecule has 0 atom stereocenters. The number of H-pyrrole nitrogens is 1. The molecule has 1 heterocycles. The van der Waals surface area contributed by atoms with E-state index in [2.05, 4.69) is 32.6 Å². The minimum absolute atomic E-state index is 0.0139. The zero-order chi connectivity index (χ0) is 19.3. The number of nitrogens with one attached hydrogen (secondary N) is 1. The fourth-order valence-corrected chi connectivity index (χ4v) is 2.90. The van der Waals surface area contributed by atoms with Gasteiger partial charge in [0, 0.05) is 0 Å². The zero-order valence-corrected chi connectivity index (χ0v) is 16.1. The van der Waals surface area contributed by atoms with E-state index in [-0.39, 0.29) is 5.82 Å². The molecule has 2 N–H and O–H groups in total. The van der Waals surface area contributed by atoms with Gasteiger partial charge in [0.1, 0.15) is 5.82 Å². The Morgan fingerprint density at radius 3 is 2.58 bits per heavy atom. The third kappa shape index (κ3) is 4.50. The van der Waals surface area contributed by atoms with Gasteiger partial charge < -0.3 is 19.6 Å². The van der Waals surface area contributed by atoms with E-state index in [9.17, 15) is 20.0 Å². The van der Waals surface area contributed by atoms with Crippen molar-refractivity contribution >= 4 is 40.4 Å². The Hall–Kier alpha value is -2.63. The van der Waals surface area contributed by atoms with Crippen LogP contribution < -0.4 is 15.0 Å². The molecule has 26 heavy (non-hydrogen) atoms. The molecule has 0 saturated carbocycles. The van der Waals surface area contributed by atoms with E-state index in [4.69, 9.17) is 9.47 Å². The maximum Gasteiger partial charge on any atom is 0.395 e. The normalized spacial score (nSPS) is 10.9. The van der Waals surface area contributed by atoms with Gasteiger partial charge in [0.25, 0.3) is 5.88 Å². The third-order valence-electron chi connectivity index (χ3n) is 3.13. The molecule has 138 valence electrons. The van der Waals surface area contributed by atoms with Gasteiger partial charge in [-0.25, -0.2) is 0 Å². The van der Waals surface area contributed by atoms with Crippen LogP contribution in [0.5, 0.6) is 17.4 Å². The van der Waals surface area contributed by atoms with Gasteiger partial charge in [0.15, 0.2) is 11.5 Å². The van der Waals surface area contributed by atoms with Crippen LogP contribution in [0.1, 0.15) is 25.2 Å². The number of aromatic amines is 1. The molecule has 1 aromatic carbocycles. The molecule has 1 aromatic heterocycles. The van der Waals surface area contributed by atoms with E-state index < -0.39 is 22.0 Å². The van der Waals surface area contributed by atoms with Crippen molar-refractivity contribution in [3.05, 3.63) is 47.6 Å². The first-order valence-corrected chi connectivity index (χ1v) is 8.70. The number of nitrogens with zero attached hydrogens (tertiary/aromatic N) is 2. The number of aromatic nitrogens is 2. The topological polar surface area (TPSA) is 128 Å². The number of aromatic hydroxyl groups is 1. The first kappa shape index (κ1) is 19.7. The van der Waals surface area contributed by atoms with E-state index in [0.29, 0.717) is 24.7 Å². The van der Waals surface area contributed by atoms with Gasteiger partial charge >= 0.3 is 11.2 Å². The summed E-state index contributed by atoms with van der Waals surface area (Å²) in [6.45, 7) is 4.70. The van der Waals surface area contributed by atoms with Gasteiger partial charge in [-0.2, -0.15) is 4.98 Å². The quantitative estimate of drug-likeness (QED) is 0.360. The summed E-state index contributed by atoms with van der Waals surface area (Å²) in [5.41, 5.74) is -1.28. The van der Waals surface area contributed by atoms with E-state index in [1.165, 1.54) is 6.08 Å². The maximum atomic E-state index is 11.7. The number of benzene rings is 1. The number of ether oxygens (including phenoxy) is 2. The Morgan fingerprint density at radius 2 is 2.00 bits per heavy atom. The van der Waals surface area contributed by atoms with Crippen LogP contribution in [0, 0.1) is 13.7 Å². The lowest BCUT2D eigenvalue weighted by Gasteiger charge is -2.13. The zero-order valence-electron chi connectivity index (χ0n) is 14.0. The number of hydrogen-bond acceptors (Lipinski definition) is 7. The Kier molecular flexibility index (Phi) is 6.55. The van der Waals surface area contributed by atoms with Crippen molar-refractivity contribution in [3.8, 4) is 17.4 Å². The van der Waals surface area contributed by atoms with Crippen LogP contribution in [-0.2, 0) is 0 Å². The van der Waals surface area contributed by atoms with Gasteiger partial charge in [-0.05, 0) is 60.2 Å². The number of hydrogen-bond donors (Lipinski definition) is 2. The Balaban J connectivity index is 2.39. The van der Waals surface area contributed by atoms with Crippen LogP contribution in [0.25, 0.3) is 12.2 Å². The van der Waals surface area contributed by atoms with Crippen molar-refractivity contribution < 1.29 is 19.5 Å². The summed E-state index contributed by atoms with van der Waals surface area (Å²) >= 11 is 2.12. The fraction of sp³-hybridized carbons (Fsp3) is 0.250. The van der Waals surface area contributed by atoms with Crippen molar-refractivity contribution in [2.75, 3.05) is 13.2 Å². The molecule has 0 aliphatic carbocycles. The Morgan fingerprint density at radius 1 is 1.31 bits per heavy atom. The van der Waals surface area contributed by atoms with Crippen LogP contribution >= 0.6 is 22.6 Å². The largest absolute Gasteiger partial charge is 0.490 e. The third-order valence-corrected chi connectivity index (χ3v) is 3.93. The fourth-order valence-electron chi connectivity index (χ4n) is 2.12. The lowest BCUT2D eigenvalue weighted by molar-refractivity contribution is -0.387. The first-order valence-electron chi connectivity index (χ1n) is 7.62. The minimum atomic E-state index is -1.03. The molecule has 0 radical (unpaired) electrons. The molecule has 0 aliphatic rings. The van der Waals surface area contributed by atoms with Crippen LogP contribution in [0.3, 0.4) is 0 Å². The lowest BCUT2D eigenvalue weighted by atomic mass is 10.2. The first-order chi connectivity index (χ1) is 12.4. The molecule has 0 unspecified atom stereocenters. The summed E-state index contributed by atoms with van der Waals surface area (Å²) in [5, 5.41) is 20.2. The molecule has 0 bridgehead atoms. The molecule has 0 spiro atoms. The van der Waals surface area contributed by atoms with E-state index in [1.807, 2.05) is 19.9 Å². The SMILES string of the molecule is CCOc1cc(/C=C/c2nc(O)c([N+](=O)[O-])c(=O)[nH]2)cc(I)c1OCC. The average molecular weight is 473 g/mol. The van der Waals surface area contributed by atoms with Crippen LogP contribution in [-0.4, -0.2) is 33.2 Å². The van der Waals surface area contributed by atoms with Crippen molar-refractivity contribution in [3.63, 3.8) is 0 Å². The predicted molar refractivity (Wildman–Crippen MR) is 104 cm³/mol. The summed E-state index contributed by atoms with van der Waals surface area (Å²) in [6, 6.07) is 3.60. The Bertz CT molecular complexity index is 910. The van der Waals surface area contributed by atoms with E-state index >= 15 is 0 Å². The molecule has 0 fully saturated rings. The highest BCUT2D eigenvalue weighted by Crippen LogP contribution is 2.34. The molecule has 2 rings (SSSR count). The van der Waals surface area contributed by atoms with Crippen molar-refractivity contribution in [1.29, 1.82) is 0 Å². The van der Waals surface area contributed by atoms with Gasteiger partial charge in [-0.15, -0.1) is 0 Å². The summed E-state index contributed by atoms with van der Waals surface area (Å²) in [5.74, 6) is 0.273. The minimum Gasteiger partial charge on any atom is -0.490 e. The Labute approximate surface area is 162 Å². The maximum absolute atomic E-state index is 11.7. The summed E-state index contributed by atoms with van der Waals surface area (Å²) in [6.07, 6.45) is 3.05. The van der Waals surface area contributed by atoms with Crippen LogP contribution in [0.4, 0.5) is 5.69 Å². The molecule has 0 aliphatic heterocycles.